The SMILES string of the molecule is O=C(COc1ccccc1-c1ccccc1)N/N=C\c1ccc(F)c(F)c1. The van der Waals surface area contributed by atoms with Gasteiger partial charge in [0.2, 0.25) is 0 Å². The van der Waals surface area contributed by atoms with Gasteiger partial charge in [-0.15, -0.1) is 0 Å². The summed E-state index contributed by atoms with van der Waals surface area (Å²) in [6, 6.07) is 20.4. The number of nitrogens with one attached hydrogen (secondary N) is 1. The molecule has 0 bridgehead atoms. The molecule has 3 aromatic rings. The van der Waals surface area contributed by atoms with E-state index in [4.69, 9.17) is 4.74 Å². The molecule has 0 radical (unpaired) electrons. The lowest BCUT2D eigenvalue weighted by atomic mass is 10.1. The molecular weight excluding hydrogens is 350 g/mol. The summed E-state index contributed by atoms with van der Waals surface area (Å²) in [5, 5.41) is 3.71. The Morgan fingerprint density at radius 1 is 0.963 bits per heavy atom. The average molecular weight is 366 g/mol. The van der Waals surface area contributed by atoms with Gasteiger partial charge in [0, 0.05) is 5.56 Å². The molecule has 0 heterocycles. The van der Waals surface area contributed by atoms with Gasteiger partial charge in [-0.25, -0.2) is 14.2 Å². The molecule has 136 valence electrons. The van der Waals surface area contributed by atoms with E-state index in [0.717, 1.165) is 23.3 Å². The molecule has 0 saturated heterocycles. The Kier molecular flexibility index (Phi) is 5.89. The monoisotopic (exact) mass is 366 g/mol. The van der Waals surface area contributed by atoms with Gasteiger partial charge in [-0.1, -0.05) is 54.6 Å². The summed E-state index contributed by atoms with van der Waals surface area (Å²) >= 11 is 0. The Morgan fingerprint density at radius 2 is 1.70 bits per heavy atom. The van der Waals surface area contributed by atoms with Crippen LogP contribution < -0.4 is 10.2 Å². The van der Waals surface area contributed by atoms with E-state index in [1.54, 1.807) is 6.07 Å². The average Bonchev–Trinajstić information content (AvgIpc) is 2.70. The lowest BCUT2D eigenvalue weighted by Gasteiger charge is -2.10. The van der Waals surface area contributed by atoms with Crippen LogP contribution in [0, 0.1) is 11.6 Å². The van der Waals surface area contributed by atoms with Crippen molar-refractivity contribution in [1.82, 2.24) is 5.43 Å². The largest absolute Gasteiger partial charge is 0.483 e. The van der Waals surface area contributed by atoms with Crippen molar-refractivity contribution in [3.8, 4) is 16.9 Å². The number of nitrogens with zero attached hydrogens (tertiary/aromatic N) is 1. The number of hydrazone groups is 1. The van der Waals surface area contributed by atoms with Crippen molar-refractivity contribution in [2.75, 3.05) is 6.61 Å². The van der Waals surface area contributed by atoms with Crippen molar-refractivity contribution in [2.45, 2.75) is 0 Å². The highest BCUT2D eigenvalue weighted by Crippen LogP contribution is 2.29. The maximum atomic E-state index is 13.1. The van der Waals surface area contributed by atoms with Crippen LogP contribution in [0.1, 0.15) is 5.56 Å². The topological polar surface area (TPSA) is 50.7 Å². The zero-order valence-electron chi connectivity index (χ0n) is 14.2. The van der Waals surface area contributed by atoms with Crippen LogP contribution in [0.4, 0.5) is 8.78 Å². The summed E-state index contributed by atoms with van der Waals surface area (Å²) in [7, 11) is 0. The highest BCUT2D eigenvalue weighted by Gasteiger charge is 2.08. The molecule has 1 amide bonds. The number of amides is 1. The van der Waals surface area contributed by atoms with E-state index in [1.165, 1.54) is 12.3 Å². The number of para-hydroxylation sites is 1. The van der Waals surface area contributed by atoms with Gasteiger partial charge in [0.1, 0.15) is 5.75 Å². The van der Waals surface area contributed by atoms with Gasteiger partial charge >= 0.3 is 0 Å². The van der Waals surface area contributed by atoms with Crippen LogP contribution in [0.5, 0.6) is 5.75 Å². The van der Waals surface area contributed by atoms with E-state index in [-0.39, 0.29) is 6.61 Å². The summed E-state index contributed by atoms with van der Waals surface area (Å²) < 4.78 is 31.6. The van der Waals surface area contributed by atoms with Gasteiger partial charge in [-0.3, -0.25) is 4.79 Å². The molecule has 0 aromatic heterocycles. The molecule has 0 spiro atoms. The standard InChI is InChI=1S/C21H16F2N2O2/c22-18-11-10-15(12-19(18)23)13-24-25-21(26)14-27-20-9-5-4-8-17(20)16-6-2-1-3-7-16/h1-13H,14H2,(H,25,26)/b24-13-. The molecule has 0 unspecified atom stereocenters. The highest BCUT2D eigenvalue weighted by atomic mass is 19.2. The van der Waals surface area contributed by atoms with E-state index in [9.17, 15) is 13.6 Å². The molecule has 27 heavy (non-hydrogen) atoms. The number of hydrogen-bond acceptors (Lipinski definition) is 3. The van der Waals surface area contributed by atoms with Gasteiger partial charge in [0.25, 0.3) is 5.91 Å². The molecule has 3 rings (SSSR count). The zero-order chi connectivity index (χ0) is 19.1. The van der Waals surface area contributed by atoms with Crippen LogP contribution in [-0.4, -0.2) is 18.7 Å². The number of halogens is 2. The molecule has 0 aliphatic carbocycles. The summed E-state index contributed by atoms with van der Waals surface area (Å²) in [4.78, 5) is 11.9. The predicted octanol–water partition coefficient (Wildman–Crippen LogP) is 4.16. The highest BCUT2D eigenvalue weighted by molar-refractivity contribution is 5.83. The van der Waals surface area contributed by atoms with Crippen molar-refractivity contribution in [1.29, 1.82) is 0 Å². The van der Waals surface area contributed by atoms with E-state index in [0.29, 0.717) is 11.3 Å². The van der Waals surface area contributed by atoms with Crippen molar-refractivity contribution in [3.05, 3.63) is 90.0 Å². The smallest absolute Gasteiger partial charge is 0.277 e. The molecule has 6 heteroatoms. The molecule has 0 atom stereocenters. The minimum Gasteiger partial charge on any atom is -0.483 e. The minimum atomic E-state index is -0.980. The molecule has 0 aliphatic rings. The summed E-state index contributed by atoms with van der Waals surface area (Å²) in [5.74, 6) is -1.83. The second-order valence-corrected chi connectivity index (χ2v) is 5.62. The third kappa shape index (κ3) is 4.98. The van der Waals surface area contributed by atoms with Crippen molar-refractivity contribution in [3.63, 3.8) is 0 Å². The third-order valence-corrected chi connectivity index (χ3v) is 3.68. The Labute approximate surface area is 155 Å². The van der Waals surface area contributed by atoms with Crippen molar-refractivity contribution < 1.29 is 18.3 Å². The molecule has 0 aliphatic heterocycles. The van der Waals surface area contributed by atoms with Crippen LogP contribution in [-0.2, 0) is 4.79 Å². The Hall–Kier alpha value is -3.54. The number of hydrogen-bond donors (Lipinski definition) is 1. The number of benzene rings is 3. The van der Waals surface area contributed by atoms with E-state index >= 15 is 0 Å². The first-order chi connectivity index (χ1) is 13.1. The first-order valence-corrected chi connectivity index (χ1v) is 8.17. The Balaban J connectivity index is 1.58. The maximum absolute atomic E-state index is 13.1. The van der Waals surface area contributed by atoms with Crippen LogP contribution >= 0.6 is 0 Å². The fourth-order valence-corrected chi connectivity index (χ4v) is 2.40. The minimum absolute atomic E-state index is 0.237. The first-order valence-electron chi connectivity index (χ1n) is 8.17. The predicted molar refractivity (Wildman–Crippen MR) is 99.5 cm³/mol. The second kappa shape index (κ2) is 8.71. The molecule has 4 nitrogen and oxygen atoms in total. The van der Waals surface area contributed by atoms with Crippen LogP contribution in [0.15, 0.2) is 77.9 Å². The summed E-state index contributed by atoms with van der Waals surface area (Å²) in [5.41, 5.74) is 4.46. The van der Waals surface area contributed by atoms with Crippen LogP contribution in [0.3, 0.4) is 0 Å². The van der Waals surface area contributed by atoms with E-state index in [2.05, 4.69) is 10.5 Å². The fraction of sp³-hybridized carbons (Fsp3) is 0.0476. The van der Waals surface area contributed by atoms with Gasteiger partial charge < -0.3 is 4.74 Å². The van der Waals surface area contributed by atoms with Crippen molar-refractivity contribution in [2.24, 2.45) is 5.10 Å². The molecule has 3 aromatic carbocycles. The second-order valence-electron chi connectivity index (χ2n) is 5.62. The van der Waals surface area contributed by atoms with Gasteiger partial charge in [-0.05, 0) is 29.3 Å². The van der Waals surface area contributed by atoms with Gasteiger partial charge in [0.15, 0.2) is 18.2 Å². The lowest BCUT2D eigenvalue weighted by Crippen LogP contribution is -2.24. The Morgan fingerprint density at radius 3 is 2.48 bits per heavy atom. The number of carbonyl (C=O) groups is 1. The third-order valence-electron chi connectivity index (χ3n) is 3.68. The van der Waals surface area contributed by atoms with E-state index < -0.39 is 17.5 Å². The normalized spacial score (nSPS) is 10.7. The van der Waals surface area contributed by atoms with Gasteiger partial charge in [0.05, 0.1) is 6.21 Å². The number of ether oxygens (including phenoxy) is 1. The maximum Gasteiger partial charge on any atom is 0.277 e. The van der Waals surface area contributed by atoms with E-state index in [1.807, 2.05) is 48.5 Å². The number of rotatable bonds is 6. The molecule has 1 N–H and O–H groups in total. The van der Waals surface area contributed by atoms with Gasteiger partial charge in [-0.2, -0.15) is 5.10 Å². The Bertz CT molecular complexity index is 959. The number of carbonyl (C=O) groups excluding carboxylic acids is 1. The molecule has 0 fully saturated rings. The van der Waals surface area contributed by atoms with Crippen molar-refractivity contribution >= 4 is 12.1 Å². The fourth-order valence-electron chi connectivity index (χ4n) is 2.40. The summed E-state index contributed by atoms with van der Waals surface area (Å²) in [6.07, 6.45) is 1.22. The quantitative estimate of drug-likeness (QED) is 0.526. The lowest BCUT2D eigenvalue weighted by molar-refractivity contribution is -0.123. The summed E-state index contributed by atoms with van der Waals surface area (Å²) in [6.45, 7) is -0.237. The zero-order valence-corrected chi connectivity index (χ0v) is 14.2. The molecular formula is C21H16F2N2O2. The van der Waals surface area contributed by atoms with Crippen LogP contribution in [0.25, 0.3) is 11.1 Å². The van der Waals surface area contributed by atoms with Crippen LogP contribution in [0.2, 0.25) is 0 Å². The molecule has 0 saturated carbocycles. The first kappa shape index (κ1) is 18.3.